The lowest BCUT2D eigenvalue weighted by atomic mass is 9.94. The highest BCUT2D eigenvalue weighted by atomic mass is 32.2. The fourth-order valence-electron chi connectivity index (χ4n) is 3.95. The van der Waals surface area contributed by atoms with E-state index in [2.05, 4.69) is 5.32 Å². The Morgan fingerprint density at radius 1 is 1.30 bits per heavy atom. The summed E-state index contributed by atoms with van der Waals surface area (Å²) in [5.41, 5.74) is 0.0852. The van der Waals surface area contributed by atoms with Crippen LogP contribution in [-0.4, -0.2) is 50.0 Å². The van der Waals surface area contributed by atoms with Crippen LogP contribution in [0.15, 0.2) is 23.1 Å². The van der Waals surface area contributed by atoms with Gasteiger partial charge in [0.05, 0.1) is 15.9 Å². The third-order valence-electron chi connectivity index (χ3n) is 5.18. The van der Waals surface area contributed by atoms with Gasteiger partial charge in [0.15, 0.2) is 0 Å². The van der Waals surface area contributed by atoms with Gasteiger partial charge >= 0.3 is 0 Å². The molecule has 2 aliphatic heterocycles. The van der Waals surface area contributed by atoms with Crippen LogP contribution in [-0.2, 0) is 14.8 Å². The number of ether oxygens (including phenoxy) is 1. The zero-order valence-electron chi connectivity index (χ0n) is 15.8. The Labute approximate surface area is 160 Å². The zero-order chi connectivity index (χ0) is 19.6. The van der Waals surface area contributed by atoms with E-state index >= 15 is 0 Å². The molecule has 2 aliphatic rings. The second kappa shape index (κ2) is 8.12. The number of sulfonamides is 1. The summed E-state index contributed by atoms with van der Waals surface area (Å²) in [5, 5.41) is 14.5. The predicted molar refractivity (Wildman–Crippen MR) is 102 cm³/mol. The van der Waals surface area contributed by atoms with Gasteiger partial charge in [0.2, 0.25) is 10.0 Å². The lowest BCUT2D eigenvalue weighted by molar-refractivity contribution is -0.384. The van der Waals surface area contributed by atoms with Gasteiger partial charge in [-0.25, -0.2) is 8.42 Å². The molecule has 1 aromatic rings. The number of hydrogen-bond donors (Lipinski definition) is 1. The molecule has 2 fully saturated rings. The van der Waals surface area contributed by atoms with Crippen molar-refractivity contribution >= 4 is 21.4 Å². The minimum Gasteiger partial charge on any atom is -0.377 e. The van der Waals surface area contributed by atoms with Gasteiger partial charge in [-0.3, -0.25) is 10.1 Å². The number of rotatable bonds is 6. The standard InChI is InChI=1S/C18H27N3O5S/c1-13-8-14(2)12-20(11-13)27(24,25)16-5-6-17(18(9-16)21(22)23)19-10-15-4-3-7-26-15/h5-6,9,13-15,19H,3-4,7-8,10-12H2,1-2H3/t13-,14-,15-/m0/s1. The Morgan fingerprint density at radius 3 is 2.59 bits per heavy atom. The zero-order valence-corrected chi connectivity index (χ0v) is 16.6. The monoisotopic (exact) mass is 397 g/mol. The van der Waals surface area contributed by atoms with Crippen LogP contribution in [0.4, 0.5) is 11.4 Å². The SMILES string of the molecule is C[C@H]1C[C@H](C)CN(S(=O)(=O)c2ccc(NC[C@@H]3CCCO3)c([N+](=O)[O-])c2)C1. The minimum absolute atomic E-state index is 0.0295. The van der Waals surface area contributed by atoms with E-state index in [0.717, 1.165) is 25.3 Å². The summed E-state index contributed by atoms with van der Waals surface area (Å²) in [4.78, 5) is 10.9. The quantitative estimate of drug-likeness (QED) is 0.585. The van der Waals surface area contributed by atoms with Crippen molar-refractivity contribution in [1.82, 2.24) is 4.31 Å². The van der Waals surface area contributed by atoms with E-state index < -0.39 is 14.9 Å². The Hall–Kier alpha value is -1.71. The molecule has 8 nitrogen and oxygen atoms in total. The van der Waals surface area contributed by atoms with Crippen molar-refractivity contribution in [2.45, 2.75) is 44.1 Å². The van der Waals surface area contributed by atoms with Crippen LogP contribution in [0.3, 0.4) is 0 Å². The molecule has 0 bridgehead atoms. The summed E-state index contributed by atoms with van der Waals surface area (Å²) in [5.74, 6) is 0.539. The Bertz CT molecular complexity index is 782. The van der Waals surface area contributed by atoms with Gasteiger partial charge in [0, 0.05) is 32.3 Å². The van der Waals surface area contributed by atoms with Gasteiger partial charge in [-0.2, -0.15) is 4.31 Å². The van der Waals surface area contributed by atoms with E-state index in [4.69, 9.17) is 4.74 Å². The Kier molecular flexibility index (Phi) is 6.02. The van der Waals surface area contributed by atoms with E-state index in [0.29, 0.717) is 31.9 Å². The van der Waals surface area contributed by atoms with E-state index in [1.54, 1.807) is 0 Å². The fourth-order valence-corrected chi connectivity index (χ4v) is 5.65. The summed E-state index contributed by atoms with van der Waals surface area (Å²) < 4.78 is 33.0. The molecule has 2 heterocycles. The Morgan fingerprint density at radius 2 is 2.00 bits per heavy atom. The van der Waals surface area contributed by atoms with Crippen molar-refractivity contribution in [3.8, 4) is 0 Å². The van der Waals surface area contributed by atoms with Crippen molar-refractivity contribution in [2.24, 2.45) is 11.8 Å². The summed E-state index contributed by atoms with van der Waals surface area (Å²) >= 11 is 0. The van der Waals surface area contributed by atoms with E-state index in [1.807, 2.05) is 13.8 Å². The minimum atomic E-state index is -3.75. The molecule has 0 saturated carbocycles. The molecule has 1 N–H and O–H groups in total. The van der Waals surface area contributed by atoms with Gasteiger partial charge < -0.3 is 10.1 Å². The van der Waals surface area contributed by atoms with Crippen LogP contribution in [0.5, 0.6) is 0 Å². The molecule has 0 aliphatic carbocycles. The van der Waals surface area contributed by atoms with Crippen LogP contribution < -0.4 is 5.32 Å². The highest BCUT2D eigenvalue weighted by molar-refractivity contribution is 7.89. The van der Waals surface area contributed by atoms with Gasteiger partial charge in [-0.1, -0.05) is 13.8 Å². The molecule has 0 unspecified atom stereocenters. The normalized spacial score (nSPS) is 26.8. The molecule has 0 aromatic heterocycles. The largest absolute Gasteiger partial charge is 0.377 e. The molecule has 0 amide bonds. The molecule has 0 spiro atoms. The van der Waals surface area contributed by atoms with Gasteiger partial charge in [-0.05, 0) is 43.2 Å². The van der Waals surface area contributed by atoms with Crippen LogP contribution in [0.2, 0.25) is 0 Å². The van der Waals surface area contributed by atoms with Crippen molar-refractivity contribution in [3.63, 3.8) is 0 Å². The number of anilines is 1. The van der Waals surface area contributed by atoms with E-state index in [1.165, 1.54) is 16.4 Å². The lowest BCUT2D eigenvalue weighted by Crippen LogP contribution is -2.42. The van der Waals surface area contributed by atoms with Crippen molar-refractivity contribution < 1.29 is 18.1 Å². The maximum atomic E-state index is 13.0. The smallest absolute Gasteiger partial charge is 0.293 e. The molecule has 2 saturated heterocycles. The highest BCUT2D eigenvalue weighted by Crippen LogP contribution is 2.32. The van der Waals surface area contributed by atoms with Crippen LogP contribution in [0, 0.1) is 22.0 Å². The number of nitrogens with zero attached hydrogens (tertiary/aromatic N) is 2. The van der Waals surface area contributed by atoms with Crippen LogP contribution >= 0.6 is 0 Å². The average molecular weight is 397 g/mol. The highest BCUT2D eigenvalue weighted by Gasteiger charge is 2.33. The molecule has 150 valence electrons. The van der Waals surface area contributed by atoms with E-state index in [-0.39, 0.29) is 28.5 Å². The van der Waals surface area contributed by atoms with E-state index in [9.17, 15) is 18.5 Å². The molecular formula is C18H27N3O5S. The van der Waals surface area contributed by atoms with Crippen molar-refractivity contribution in [1.29, 1.82) is 0 Å². The molecular weight excluding hydrogens is 370 g/mol. The first kappa shape index (κ1) is 20.0. The topological polar surface area (TPSA) is 102 Å². The van der Waals surface area contributed by atoms with Crippen molar-refractivity contribution in [3.05, 3.63) is 28.3 Å². The third-order valence-corrected chi connectivity index (χ3v) is 7.01. The lowest BCUT2D eigenvalue weighted by Gasteiger charge is -2.34. The van der Waals surface area contributed by atoms with Crippen LogP contribution in [0.25, 0.3) is 0 Å². The first-order chi connectivity index (χ1) is 12.8. The number of nitrogens with one attached hydrogen (secondary N) is 1. The molecule has 3 atom stereocenters. The molecule has 27 heavy (non-hydrogen) atoms. The van der Waals surface area contributed by atoms with Crippen LogP contribution in [0.1, 0.15) is 33.1 Å². The van der Waals surface area contributed by atoms with Crippen molar-refractivity contribution in [2.75, 3.05) is 31.6 Å². The summed E-state index contributed by atoms with van der Waals surface area (Å²) in [7, 11) is -3.75. The predicted octanol–water partition coefficient (Wildman–Crippen LogP) is 2.85. The van der Waals surface area contributed by atoms with Gasteiger partial charge in [0.25, 0.3) is 5.69 Å². The Balaban J connectivity index is 1.83. The second-order valence-electron chi connectivity index (χ2n) is 7.72. The molecule has 9 heteroatoms. The summed E-state index contributed by atoms with van der Waals surface area (Å²) in [6, 6.07) is 4.10. The summed E-state index contributed by atoms with van der Waals surface area (Å²) in [6.45, 7) is 6.11. The molecule has 0 radical (unpaired) electrons. The molecule has 3 rings (SSSR count). The average Bonchev–Trinajstić information content (AvgIpc) is 3.12. The first-order valence-electron chi connectivity index (χ1n) is 9.41. The number of nitro groups is 1. The van der Waals surface area contributed by atoms with Gasteiger partial charge in [0.1, 0.15) is 5.69 Å². The number of nitro benzene ring substituents is 1. The maximum Gasteiger partial charge on any atom is 0.293 e. The maximum absolute atomic E-state index is 13.0. The second-order valence-corrected chi connectivity index (χ2v) is 9.66. The summed E-state index contributed by atoms with van der Waals surface area (Å²) in [6.07, 6.45) is 2.92. The number of piperidine rings is 1. The number of benzene rings is 1. The van der Waals surface area contributed by atoms with Gasteiger partial charge in [-0.15, -0.1) is 0 Å². The molecule has 1 aromatic carbocycles. The number of hydrogen-bond acceptors (Lipinski definition) is 6. The first-order valence-corrected chi connectivity index (χ1v) is 10.9. The third kappa shape index (κ3) is 4.59. The fraction of sp³-hybridized carbons (Fsp3) is 0.667.